The number of hydrogen-bond donors (Lipinski definition) is 2. The van der Waals surface area contributed by atoms with Crippen LogP contribution in [0.1, 0.15) is 22.8 Å². The van der Waals surface area contributed by atoms with Gasteiger partial charge in [0.15, 0.2) is 0 Å². The van der Waals surface area contributed by atoms with Crippen LogP contribution in [0.25, 0.3) is 0 Å². The Morgan fingerprint density at radius 1 is 1.07 bits per heavy atom. The molecule has 0 saturated carbocycles. The van der Waals surface area contributed by atoms with Crippen LogP contribution in [0.2, 0.25) is 5.02 Å². The van der Waals surface area contributed by atoms with Gasteiger partial charge in [0.25, 0.3) is 5.91 Å². The molecule has 1 amide bonds. The van der Waals surface area contributed by atoms with E-state index >= 15 is 0 Å². The number of nitrogens with one attached hydrogen (secondary N) is 2. The van der Waals surface area contributed by atoms with Crippen molar-refractivity contribution in [3.05, 3.63) is 71.0 Å². The van der Waals surface area contributed by atoms with Gasteiger partial charge in [-0.25, -0.2) is 9.97 Å². The summed E-state index contributed by atoms with van der Waals surface area (Å²) in [6.45, 7) is 4.32. The maximum atomic E-state index is 12.4. The fraction of sp³-hybridized carbons (Fsp3) is 0.150. The lowest BCUT2D eigenvalue weighted by Crippen LogP contribution is -2.14. The van der Waals surface area contributed by atoms with Crippen LogP contribution in [-0.2, 0) is 0 Å². The minimum Gasteiger partial charge on any atom is -0.492 e. The third-order valence-electron chi connectivity index (χ3n) is 3.86. The molecule has 0 bridgehead atoms. The highest BCUT2D eigenvalue weighted by Crippen LogP contribution is 2.26. The second kappa shape index (κ2) is 8.51. The molecule has 3 rings (SSSR count). The summed E-state index contributed by atoms with van der Waals surface area (Å²) in [6, 6.07) is 12.9. The Morgan fingerprint density at radius 3 is 2.52 bits per heavy atom. The Hall–Kier alpha value is -3.12. The maximum Gasteiger partial charge on any atom is 0.258 e. The fourth-order valence-corrected chi connectivity index (χ4v) is 2.59. The molecule has 0 unspecified atom stereocenters. The molecule has 138 valence electrons. The smallest absolute Gasteiger partial charge is 0.258 e. The van der Waals surface area contributed by atoms with Gasteiger partial charge < -0.3 is 15.4 Å². The zero-order valence-corrected chi connectivity index (χ0v) is 15.7. The van der Waals surface area contributed by atoms with Crippen molar-refractivity contribution in [3.8, 4) is 5.75 Å². The maximum absolute atomic E-state index is 12.4. The molecule has 0 atom stereocenters. The van der Waals surface area contributed by atoms with E-state index in [1.807, 2.05) is 38.1 Å². The van der Waals surface area contributed by atoms with E-state index in [4.69, 9.17) is 16.3 Å². The van der Waals surface area contributed by atoms with E-state index in [9.17, 15) is 4.79 Å². The molecule has 1 aromatic heterocycles. The van der Waals surface area contributed by atoms with Gasteiger partial charge in [-0.2, -0.15) is 0 Å². The van der Waals surface area contributed by atoms with Crippen molar-refractivity contribution in [3.63, 3.8) is 0 Å². The molecule has 7 heteroatoms. The van der Waals surface area contributed by atoms with Crippen LogP contribution in [0.4, 0.5) is 17.3 Å². The molecule has 1 heterocycles. The Labute approximate surface area is 162 Å². The number of carbonyl (C=O) groups is 1. The zero-order chi connectivity index (χ0) is 19.2. The molecule has 0 aliphatic heterocycles. The van der Waals surface area contributed by atoms with Gasteiger partial charge >= 0.3 is 0 Å². The van der Waals surface area contributed by atoms with Crippen molar-refractivity contribution in [1.29, 1.82) is 0 Å². The minimum absolute atomic E-state index is 0.304. The first kappa shape index (κ1) is 18.7. The summed E-state index contributed by atoms with van der Waals surface area (Å²) in [5.41, 5.74) is 2.56. The number of amides is 1. The fourth-order valence-electron chi connectivity index (χ4n) is 2.42. The van der Waals surface area contributed by atoms with Crippen molar-refractivity contribution < 1.29 is 9.53 Å². The standard InChI is InChI=1S/C20H19ClN4O2/c1-3-27-18-10-5-4-8-17(18)25-20-22-11-14(12-23-20)19(26)24-16-9-6-7-15(21)13(16)2/h4-12H,3H2,1-2H3,(H,24,26)(H,22,23,25). The summed E-state index contributed by atoms with van der Waals surface area (Å²) in [7, 11) is 0. The number of para-hydroxylation sites is 2. The number of hydrogen-bond acceptors (Lipinski definition) is 5. The summed E-state index contributed by atoms with van der Waals surface area (Å²) >= 11 is 6.08. The first-order valence-corrected chi connectivity index (χ1v) is 8.83. The number of rotatable bonds is 6. The predicted molar refractivity (Wildman–Crippen MR) is 107 cm³/mol. The lowest BCUT2D eigenvalue weighted by molar-refractivity contribution is 0.102. The van der Waals surface area contributed by atoms with Crippen LogP contribution in [0, 0.1) is 6.92 Å². The highest BCUT2D eigenvalue weighted by Gasteiger charge is 2.11. The molecule has 6 nitrogen and oxygen atoms in total. The second-order valence-corrected chi connectivity index (χ2v) is 6.12. The molecule has 0 radical (unpaired) electrons. The van der Waals surface area contributed by atoms with E-state index in [0.717, 1.165) is 11.3 Å². The van der Waals surface area contributed by atoms with Gasteiger partial charge in [-0.3, -0.25) is 4.79 Å². The van der Waals surface area contributed by atoms with Crippen molar-refractivity contribution in [1.82, 2.24) is 9.97 Å². The number of halogens is 1. The first-order chi connectivity index (χ1) is 13.1. The van der Waals surface area contributed by atoms with E-state index in [2.05, 4.69) is 20.6 Å². The molecular formula is C20H19ClN4O2. The Morgan fingerprint density at radius 2 is 1.78 bits per heavy atom. The van der Waals surface area contributed by atoms with E-state index in [-0.39, 0.29) is 5.91 Å². The molecule has 0 aliphatic carbocycles. The SMILES string of the molecule is CCOc1ccccc1Nc1ncc(C(=O)Nc2cccc(Cl)c2C)cn1. The summed E-state index contributed by atoms with van der Waals surface area (Å²) in [5, 5.41) is 6.51. The molecule has 0 spiro atoms. The van der Waals surface area contributed by atoms with Gasteiger partial charge in [0.05, 0.1) is 17.9 Å². The number of benzene rings is 2. The molecule has 3 aromatic rings. The first-order valence-electron chi connectivity index (χ1n) is 8.46. The Kier molecular flexibility index (Phi) is 5.88. The van der Waals surface area contributed by atoms with Crippen molar-refractivity contribution >= 4 is 34.8 Å². The van der Waals surface area contributed by atoms with Crippen molar-refractivity contribution in [2.45, 2.75) is 13.8 Å². The van der Waals surface area contributed by atoms with Crippen molar-refractivity contribution in [2.75, 3.05) is 17.2 Å². The van der Waals surface area contributed by atoms with Crippen molar-refractivity contribution in [2.24, 2.45) is 0 Å². The van der Waals surface area contributed by atoms with Gasteiger partial charge in [0.1, 0.15) is 5.75 Å². The normalized spacial score (nSPS) is 10.3. The van der Waals surface area contributed by atoms with Gasteiger partial charge in [-0.05, 0) is 43.7 Å². The number of nitrogens with zero attached hydrogens (tertiary/aromatic N) is 2. The number of aromatic nitrogens is 2. The summed E-state index contributed by atoms with van der Waals surface area (Å²) in [6.07, 6.45) is 2.93. The number of carbonyl (C=O) groups excluding carboxylic acids is 1. The third-order valence-corrected chi connectivity index (χ3v) is 4.27. The predicted octanol–water partition coefficient (Wildman–Crippen LogP) is 4.83. The molecule has 0 aliphatic rings. The van der Waals surface area contributed by atoms with Crippen LogP contribution < -0.4 is 15.4 Å². The summed E-state index contributed by atoms with van der Waals surface area (Å²) < 4.78 is 5.57. The molecule has 0 saturated heterocycles. The monoisotopic (exact) mass is 382 g/mol. The highest BCUT2D eigenvalue weighted by atomic mass is 35.5. The van der Waals surface area contributed by atoms with Crippen LogP contribution in [0.5, 0.6) is 5.75 Å². The third kappa shape index (κ3) is 4.54. The molecule has 27 heavy (non-hydrogen) atoms. The lowest BCUT2D eigenvalue weighted by Gasteiger charge is -2.11. The van der Waals surface area contributed by atoms with Gasteiger partial charge in [-0.15, -0.1) is 0 Å². The largest absolute Gasteiger partial charge is 0.492 e. The minimum atomic E-state index is -0.304. The molecular weight excluding hydrogens is 364 g/mol. The van der Waals surface area contributed by atoms with E-state index < -0.39 is 0 Å². The van der Waals surface area contributed by atoms with Gasteiger partial charge in [0.2, 0.25) is 5.95 Å². The quantitative estimate of drug-likeness (QED) is 0.638. The van der Waals surface area contributed by atoms with E-state index in [0.29, 0.717) is 34.6 Å². The van der Waals surface area contributed by atoms with Gasteiger partial charge in [0, 0.05) is 23.1 Å². The molecule has 2 N–H and O–H groups in total. The average Bonchev–Trinajstić information content (AvgIpc) is 2.68. The Balaban J connectivity index is 1.72. The molecule has 2 aromatic carbocycles. The highest BCUT2D eigenvalue weighted by molar-refractivity contribution is 6.31. The van der Waals surface area contributed by atoms with Crippen LogP contribution >= 0.6 is 11.6 Å². The Bertz CT molecular complexity index is 945. The second-order valence-electron chi connectivity index (χ2n) is 5.72. The van der Waals surface area contributed by atoms with E-state index in [1.165, 1.54) is 12.4 Å². The number of anilines is 3. The number of ether oxygens (including phenoxy) is 1. The van der Waals surface area contributed by atoms with E-state index in [1.54, 1.807) is 18.2 Å². The van der Waals surface area contributed by atoms with Crippen LogP contribution in [0.3, 0.4) is 0 Å². The van der Waals surface area contributed by atoms with Crippen LogP contribution in [-0.4, -0.2) is 22.5 Å². The topological polar surface area (TPSA) is 76.1 Å². The van der Waals surface area contributed by atoms with Gasteiger partial charge in [-0.1, -0.05) is 29.8 Å². The summed E-state index contributed by atoms with van der Waals surface area (Å²) in [5.74, 6) is 0.779. The summed E-state index contributed by atoms with van der Waals surface area (Å²) in [4.78, 5) is 20.8. The zero-order valence-electron chi connectivity index (χ0n) is 15.0. The molecule has 0 fully saturated rings. The van der Waals surface area contributed by atoms with Crippen LogP contribution in [0.15, 0.2) is 54.9 Å². The average molecular weight is 383 g/mol. The lowest BCUT2D eigenvalue weighted by atomic mass is 10.2.